The lowest BCUT2D eigenvalue weighted by atomic mass is 10.1. The van der Waals surface area contributed by atoms with Crippen LogP contribution in [0, 0.1) is 5.82 Å². The first kappa shape index (κ1) is 27.4. The van der Waals surface area contributed by atoms with E-state index in [0.717, 1.165) is 41.0 Å². The van der Waals surface area contributed by atoms with Crippen molar-refractivity contribution in [2.75, 3.05) is 28.2 Å². The van der Waals surface area contributed by atoms with E-state index in [1.807, 2.05) is 30.3 Å². The van der Waals surface area contributed by atoms with Gasteiger partial charge in [0.15, 0.2) is 0 Å². The van der Waals surface area contributed by atoms with Gasteiger partial charge in [-0.05, 0) is 62.4 Å². The maximum atomic E-state index is 14.4. The molecule has 2 aliphatic heterocycles. The number of pyridine rings is 3. The summed E-state index contributed by atoms with van der Waals surface area (Å²) in [6.07, 6.45) is 1.90. The zero-order valence-corrected chi connectivity index (χ0v) is 23.2. The standard InChI is InChI=1S/C31H29FN6O4/c1-18-16-37(17-19(2)42-18)28-5-3-4-24(36-28)25-9-6-20-15-33-22(12-26(20)35-25)14-29(39)34-21-7-8-23(32)27(13-21)38-30(40)10-11-31(38)41/h3-9,12-13,15,18-19H,10-11,14,16-17H2,1-2H3,(H,34,39)/t18-,19+. The van der Waals surface area contributed by atoms with Crippen LogP contribution in [-0.4, -0.2) is 58.0 Å². The predicted molar refractivity (Wildman–Crippen MR) is 155 cm³/mol. The Morgan fingerprint density at radius 1 is 0.976 bits per heavy atom. The summed E-state index contributed by atoms with van der Waals surface area (Å²) in [4.78, 5) is 54.1. The number of fused-ring (bicyclic) bond motifs is 1. The predicted octanol–water partition coefficient (Wildman–Crippen LogP) is 4.28. The Bertz CT molecular complexity index is 1690. The fourth-order valence-electron chi connectivity index (χ4n) is 5.38. The summed E-state index contributed by atoms with van der Waals surface area (Å²) in [7, 11) is 0. The van der Waals surface area contributed by atoms with E-state index in [2.05, 4.69) is 29.0 Å². The Labute approximate surface area is 241 Å². The first-order chi connectivity index (χ1) is 20.2. The van der Waals surface area contributed by atoms with E-state index in [0.29, 0.717) is 16.9 Å². The van der Waals surface area contributed by atoms with Gasteiger partial charge in [0.05, 0.1) is 46.9 Å². The molecule has 0 unspecified atom stereocenters. The molecule has 10 nitrogen and oxygen atoms in total. The van der Waals surface area contributed by atoms with Crippen molar-refractivity contribution in [1.29, 1.82) is 0 Å². The molecule has 4 aromatic rings. The molecule has 2 aliphatic rings. The highest BCUT2D eigenvalue weighted by Crippen LogP contribution is 2.29. The number of amides is 3. The van der Waals surface area contributed by atoms with E-state index in [-0.39, 0.29) is 42.8 Å². The molecule has 0 bridgehead atoms. The zero-order chi connectivity index (χ0) is 29.4. The van der Waals surface area contributed by atoms with Crippen molar-refractivity contribution < 1.29 is 23.5 Å². The van der Waals surface area contributed by atoms with Crippen molar-refractivity contribution in [2.45, 2.75) is 45.3 Å². The summed E-state index contributed by atoms with van der Waals surface area (Å²) in [5, 5.41) is 3.52. The third-order valence-corrected chi connectivity index (χ3v) is 7.23. The second-order valence-electron chi connectivity index (χ2n) is 10.6. The van der Waals surface area contributed by atoms with Gasteiger partial charge in [-0.2, -0.15) is 0 Å². The lowest BCUT2D eigenvalue weighted by Gasteiger charge is -2.36. The van der Waals surface area contributed by atoms with E-state index < -0.39 is 23.5 Å². The van der Waals surface area contributed by atoms with Crippen molar-refractivity contribution in [3.8, 4) is 11.4 Å². The largest absolute Gasteiger partial charge is 0.372 e. The summed E-state index contributed by atoms with van der Waals surface area (Å²) in [5.74, 6) is -1.18. The van der Waals surface area contributed by atoms with Gasteiger partial charge in [0.2, 0.25) is 17.7 Å². The number of nitrogens with one attached hydrogen (secondary N) is 1. The summed E-state index contributed by atoms with van der Waals surface area (Å²) >= 11 is 0. The van der Waals surface area contributed by atoms with Crippen molar-refractivity contribution in [1.82, 2.24) is 15.0 Å². The fourth-order valence-corrected chi connectivity index (χ4v) is 5.38. The number of carbonyl (C=O) groups excluding carboxylic acids is 3. The Kier molecular flexibility index (Phi) is 7.34. The van der Waals surface area contributed by atoms with Crippen LogP contribution < -0.4 is 15.1 Å². The molecular weight excluding hydrogens is 539 g/mol. The maximum absolute atomic E-state index is 14.4. The van der Waals surface area contributed by atoms with Crippen LogP contribution in [0.5, 0.6) is 0 Å². The Hall–Kier alpha value is -4.77. The molecule has 1 N–H and O–H groups in total. The second kappa shape index (κ2) is 11.2. The number of hydrogen-bond acceptors (Lipinski definition) is 8. The van der Waals surface area contributed by atoms with E-state index in [1.54, 1.807) is 12.3 Å². The van der Waals surface area contributed by atoms with Crippen LogP contribution in [0.1, 0.15) is 32.4 Å². The van der Waals surface area contributed by atoms with Crippen LogP contribution in [-0.2, 0) is 25.5 Å². The average Bonchev–Trinajstić information content (AvgIpc) is 3.30. The molecule has 0 saturated carbocycles. The number of benzene rings is 1. The van der Waals surface area contributed by atoms with Gasteiger partial charge in [0.25, 0.3) is 0 Å². The Morgan fingerprint density at radius 3 is 2.48 bits per heavy atom. The van der Waals surface area contributed by atoms with Crippen LogP contribution in [0.4, 0.5) is 21.6 Å². The van der Waals surface area contributed by atoms with E-state index in [9.17, 15) is 18.8 Å². The van der Waals surface area contributed by atoms with Crippen molar-refractivity contribution in [3.05, 3.63) is 72.3 Å². The number of imide groups is 1. The minimum Gasteiger partial charge on any atom is -0.372 e. The van der Waals surface area contributed by atoms with E-state index in [1.165, 1.54) is 12.1 Å². The molecule has 42 heavy (non-hydrogen) atoms. The molecule has 3 amide bonds. The summed E-state index contributed by atoms with van der Waals surface area (Å²) in [5.41, 5.74) is 2.69. The smallest absolute Gasteiger partial charge is 0.234 e. The van der Waals surface area contributed by atoms with Crippen molar-refractivity contribution in [2.24, 2.45) is 0 Å². The Morgan fingerprint density at radius 2 is 1.71 bits per heavy atom. The van der Waals surface area contributed by atoms with E-state index in [4.69, 9.17) is 14.7 Å². The molecule has 6 rings (SSSR count). The van der Waals surface area contributed by atoms with Gasteiger partial charge in [-0.25, -0.2) is 19.3 Å². The highest BCUT2D eigenvalue weighted by Gasteiger charge is 2.32. The van der Waals surface area contributed by atoms with Crippen molar-refractivity contribution >= 4 is 45.8 Å². The number of rotatable bonds is 6. The Balaban J connectivity index is 1.19. The van der Waals surface area contributed by atoms with Gasteiger partial charge >= 0.3 is 0 Å². The third-order valence-electron chi connectivity index (χ3n) is 7.23. The molecule has 1 aromatic carbocycles. The molecule has 11 heteroatoms. The molecule has 5 heterocycles. The van der Waals surface area contributed by atoms with Gasteiger partial charge in [-0.15, -0.1) is 0 Å². The number of morpholine rings is 1. The van der Waals surface area contributed by atoms with Crippen LogP contribution in [0.15, 0.2) is 60.8 Å². The minimum atomic E-state index is -0.719. The van der Waals surface area contributed by atoms with Crippen LogP contribution >= 0.6 is 0 Å². The molecule has 2 saturated heterocycles. The van der Waals surface area contributed by atoms with Gasteiger partial charge < -0.3 is 15.0 Å². The maximum Gasteiger partial charge on any atom is 0.234 e. The lowest BCUT2D eigenvalue weighted by Crippen LogP contribution is -2.45. The number of hydrogen-bond donors (Lipinski definition) is 1. The molecular formula is C31H29FN6O4. The molecule has 2 atom stereocenters. The SMILES string of the molecule is C[C@@H]1CN(c2cccc(-c3ccc4cnc(CC(=O)Nc5ccc(F)c(N6C(=O)CCC6=O)c5)cc4n3)n2)C[C@H](C)O1. The summed E-state index contributed by atoms with van der Waals surface area (Å²) in [6.45, 7) is 5.63. The number of aromatic nitrogens is 3. The lowest BCUT2D eigenvalue weighted by molar-refractivity contribution is -0.121. The van der Waals surface area contributed by atoms with Gasteiger partial charge in [0.1, 0.15) is 11.6 Å². The highest BCUT2D eigenvalue weighted by molar-refractivity contribution is 6.20. The number of nitrogens with zero attached hydrogens (tertiary/aromatic N) is 5. The topological polar surface area (TPSA) is 118 Å². The minimum absolute atomic E-state index is 0.0339. The van der Waals surface area contributed by atoms with Gasteiger partial charge in [-0.3, -0.25) is 19.4 Å². The summed E-state index contributed by atoms with van der Waals surface area (Å²) in [6, 6.07) is 15.2. The fraction of sp³-hybridized carbons (Fsp3) is 0.290. The number of ether oxygens (including phenoxy) is 1. The third kappa shape index (κ3) is 5.68. The molecule has 3 aromatic heterocycles. The van der Waals surface area contributed by atoms with Gasteiger partial charge in [0, 0.05) is 43.2 Å². The van der Waals surface area contributed by atoms with Crippen LogP contribution in [0.25, 0.3) is 22.3 Å². The molecule has 0 spiro atoms. The first-order valence-corrected chi connectivity index (χ1v) is 13.8. The quantitative estimate of drug-likeness (QED) is 0.343. The number of carbonyl (C=O) groups is 3. The van der Waals surface area contributed by atoms with E-state index >= 15 is 0 Å². The van der Waals surface area contributed by atoms with Crippen molar-refractivity contribution in [3.63, 3.8) is 0 Å². The molecule has 0 aliphatic carbocycles. The normalized spacial score (nSPS) is 19.0. The zero-order valence-electron chi connectivity index (χ0n) is 23.2. The first-order valence-electron chi connectivity index (χ1n) is 13.8. The number of anilines is 3. The van der Waals surface area contributed by atoms with Gasteiger partial charge in [-0.1, -0.05) is 6.07 Å². The average molecular weight is 569 g/mol. The molecule has 214 valence electrons. The van der Waals surface area contributed by atoms with Crippen LogP contribution in [0.2, 0.25) is 0 Å². The van der Waals surface area contributed by atoms with Crippen LogP contribution in [0.3, 0.4) is 0 Å². The molecule has 2 fully saturated rings. The summed E-state index contributed by atoms with van der Waals surface area (Å²) < 4.78 is 20.3. The highest BCUT2D eigenvalue weighted by atomic mass is 19.1. The monoisotopic (exact) mass is 568 g/mol. The number of halogens is 1. The second-order valence-corrected chi connectivity index (χ2v) is 10.6. The molecule has 0 radical (unpaired) electrons.